The van der Waals surface area contributed by atoms with E-state index in [1.54, 1.807) is 0 Å². The van der Waals surface area contributed by atoms with Crippen LogP contribution in [0.5, 0.6) is 0 Å². The lowest BCUT2D eigenvalue weighted by Crippen LogP contribution is -2.11. The fourth-order valence-electron chi connectivity index (χ4n) is 2.67. The minimum absolute atomic E-state index is 0.0269. The van der Waals surface area contributed by atoms with Crippen molar-refractivity contribution in [2.75, 3.05) is 0 Å². The fraction of sp³-hybridized carbons (Fsp3) is 0.211. The van der Waals surface area contributed by atoms with Crippen LogP contribution in [0.25, 0.3) is 21.5 Å². The summed E-state index contributed by atoms with van der Waals surface area (Å²) in [6.45, 7) is 6.41. The van der Waals surface area contributed by atoms with Gasteiger partial charge in [-0.15, -0.1) is 0 Å². The summed E-state index contributed by atoms with van der Waals surface area (Å²) in [4.78, 5) is 11.5. The maximum Gasteiger partial charge on any atom is 0.150 e. The molecule has 0 aliphatic rings. The molecule has 0 N–H and O–H groups in total. The first kappa shape index (κ1) is 14.1. The first-order valence-corrected chi connectivity index (χ1v) is 7.40. The topological polar surface area (TPSA) is 17.1 Å². The van der Waals surface area contributed by atoms with Crippen LogP contribution in [0.2, 0.25) is 5.02 Å². The van der Waals surface area contributed by atoms with E-state index >= 15 is 0 Å². The monoisotopic (exact) mass is 296 g/mol. The highest BCUT2D eigenvalue weighted by Crippen LogP contribution is 2.36. The molecule has 0 spiro atoms. The van der Waals surface area contributed by atoms with Crippen LogP contribution in [0.15, 0.2) is 42.5 Å². The Labute approximate surface area is 129 Å². The number of benzene rings is 3. The van der Waals surface area contributed by atoms with Crippen LogP contribution in [-0.4, -0.2) is 6.29 Å². The number of hydrogen-bond acceptors (Lipinski definition) is 1. The van der Waals surface area contributed by atoms with Crippen molar-refractivity contribution in [1.82, 2.24) is 0 Å². The van der Waals surface area contributed by atoms with Crippen molar-refractivity contribution >= 4 is 39.4 Å². The zero-order valence-corrected chi connectivity index (χ0v) is 13.2. The van der Waals surface area contributed by atoms with E-state index in [1.807, 2.05) is 36.4 Å². The van der Waals surface area contributed by atoms with Gasteiger partial charge in [-0.2, -0.15) is 0 Å². The van der Waals surface area contributed by atoms with Crippen molar-refractivity contribution < 1.29 is 4.79 Å². The summed E-state index contributed by atoms with van der Waals surface area (Å²) < 4.78 is 0. The number of halogens is 1. The SMILES string of the molecule is CC(C)(C)c1cc(C=O)c2cc3ccccc3c(Cl)c2c1. The van der Waals surface area contributed by atoms with Crippen LogP contribution in [0.4, 0.5) is 0 Å². The molecule has 21 heavy (non-hydrogen) atoms. The second-order valence-electron chi connectivity index (χ2n) is 6.44. The first-order chi connectivity index (χ1) is 9.91. The van der Waals surface area contributed by atoms with Gasteiger partial charge in [0.25, 0.3) is 0 Å². The molecule has 0 unspecified atom stereocenters. The Kier molecular flexibility index (Phi) is 3.26. The zero-order valence-electron chi connectivity index (χ0n) is 12.4. The highest BCUT2D eigenvalue weighted by atomic mass is 35.5. The number of fused-ring (bicyclic) bond motifs is 2. The summed E-state index contributed by atoms with van der Waals surface area (Å²) in [7, 11) is 0. The van der Waals surface area contributed by atoms with E-state index in [-0.39, 0.29) is 5.41 Å². The predicted molar refractivity (Wildman–Crippen MR) is 90.6 cm³/mol. The number of aldehydes is 1. The molecule has 0 aromatic heterocycles. The maximum absolute atomic E-state index is 11.5. The summed E-state index contributed by atoms with van der Waals surface area (Å²) in [5.41, 5.74) is 1.79. The van der Waals surface area contributed by atoms with E-state index < -0.39 is 0 Å². The standard InChI is InChI=1S/C19H17ClO/c1-19(2,3)14-8-13(11-21)16-9-12-6-4-5-7-15(12)18(20)17(16)10-14/h4-11H,1-3H3. The molecule has 3 aromatic carbocycles. The average Bonchev–Trinajstić information content (AvgIpc) is 2.45. The van der Waals surface area contributed by atoms with E-state index in [0.29, 0.717) is 5.56 Å². The summed E-state index contributed by atoms with van der Waals surface area (Å²) in [6, 6.07) is 14.1. The molecule has 1 nitrogen and oxygen atoms in total. The third kappa shape index (κ3) is 2.32. The molecule has 106 valence electrons. The van der Waals surface area contributed by atoms with Crippen molar-refractivity contribution in [3.8, 4) is 0 Å². The van der Waals surface area contributed by atoms with Crippen molar-refractivity contribution in [3.63, 3.8) is 0 Å². The molecule has 0 atom stereocenters. The van der Waals surface area contributed by atoms with Crippen LogP contribution in [0.3, 0.4) is 0 Å². The lowest BCUT2D eigenvalue weighted by molar-refractivity contribution is 0.112. The molecule has 0 fully saturated rings. The molecule has 0 aliphatic heterocycles. The highest BCUT2D eigenvalue weighted by molar-refractivity contribution is 6.41. The number of carbonyl (C=O) groups is 1. The minimum atomic E-state index is -0.0269. The van der Waals surface area contributed by atoms with Crippen molar-refractivity contribution in [2.24, 2.45) is 0 Å². The number of rotatable bonds is 1. The molecular weight excluding hydrogens is 280 g/mol. The molecule has 0 heterocycles. The van der Waals surface area contributed by atoms with Crippen molar-refractivity contribution in [2.45, 2.75) is 26.2 Å². The molecular formula is C19H17ClO. The normalized spacial score (nSPS) is 12.0. The van der Waals surface area contributed by atoms with Gasteiger partial charge in [0, 0.05) is 16.3 Å². The number of carbonyl (C=O) groups excluding carboxylic acids is 1. The molecule has 0 radical (unpaired) electrons. The van der Waals surface area contributed by atoms with Gasteiger partial charge in [-0.1, -0.05) is 56.6 Å². The second kappa shape index (κ2) is 4.85. The fourth-order valence-corrected chi connectivity index (χ4v) is 3.00. The molecule has 0 saturated heterocycles. The average molecular weight is 297 g/mol. The smallest absolute Gasteiger partial charge is 0.150 e. The van der Waals surface area contributed by atoms with Crippen LogP contribution in [0.1, 0.15) is 36.7 Å². The Morgan fingerprint density at radius 3 is 2.33 bits per heavy atom. The Morgan fingerprint density at radius 1 is 0.952 bits per heavy atom. The lowest BCUT2D eigenvalue weighted by atomic mass is 9.84. The van der Waals surface area contributed by atoms with Gasteiger partial charge >= 0.3 is 0 Å². The molecule has 0 bridgehead atoms. The van der Waals surface area contributed by atoms with Crippen LogP contribution < -0.4 is 0 Å². The van der Waals surface area contributed by atoms with Gasteiger partial charge in [0.05, 0.1) is 5.02 Å². The predicted octanol–water partition coefficient (Wildman–Crippen LogP) is 5.76. The minimum Gasteiger partial charge on any atom is -0.298 e. The van der Waals surface area contributed by atoms with E-state index in [4.69, 9.17) is 11.6 Å². The van der Waals surface area contributed by atoms with Gasteiger partial charge in [-0.05, 0) is 39.9 Å². The molecule has 2 heteroatoms. The Hall–Kier alpha value is -1.86. The van der Waals surface area contributed by atoms with Crippen LogP contribution >= 0.6 is 11.6 Å². The zero-order chi connectivity index (χ0) is 15.2. The third-order valence-electron chi connectivity index (χ3n) is 3.94. The molecule has 0 saturated carbocycles. The van der Waals surface area contributed by atoms with Gasteiger partial charge in [0.1, 0.15) is 0 Å². The van der Waals surface area contributed by atoms with Crippen molar-refractivity contribution in [1.29, 1.82) is 0 Å². The Morgan fingerprint density at radius 2 is 1.67 bits per heavy atom. The lowest BCUT2D eigenvalue weighted by Gasteiger charge is -2.21. The highest BCUT2D eigenvalue weighted by Gasteiger charge is 2.18. The van der Waals surface area contributed by atoms with Crippen LogP contribution in [-0.2, 0) is 5.41 Å². The first-order valence-electron chi connectivity index (χ1n) is 7.02. The van der Waals surface area contributed by atoms with E-state index in [0.717, 1.165) is 38.4 Å². The summed E-state index contributed by atoms with van der Waals surface area (Å²) in [5, 5.41) is 4.67. The van der Waals surface area contributed by atoms with Gasteiger partial charge in [0.15, 0.2) is 6.29 Å². The largest absolute Gasteiger partial charge is 0.298 e. The number of hydrogen-bond donors (Lipinski definition) is 0. The van der Waals surface area contributed by atoms with E-state index in [2.05, 4.69) is 26.8 Å². The van der Waals surface area contributed by atoms with E-state index in [9.17, 15) is 4.79 Å². The summed E-state index contributed by atoms with van der Waals surface area (Å²) in [6.07, 6.45) is 0.919. The molecule has 3 aromatic rings. The van der Waals surface area contributed by atoms with Gasteiger partial charge in [-0.25, -0.2) is 0 Å². The quantitative estimate of drug-likeness (QED) is 0.412. The van der Waals surface area contributed by atoms with Gasteiger partial charge in [0.2, 0.25) is 0 Å². The van der Waals surface area contributed by atoms with Gasteiger partial charge < -0.3 is 0 Å². The van der Waals surface area contributed by atoms with Crippen LogP contribution in [0, 0.1) is 0 Å². The Balaban J connectivity index is 2.50. The van der Waals surface area contributed by atoms with Gasteiger partial charge in [-0.3, -0.25) is 4.79 Å². The summed E-state index contributed by atoms with van der Waals surface area (Å²) in [5.74, 6) is 0. The summed E-state index contributed by atoms with van der Waals surface area (Å²) >= 11 is 6.61. The maximum atomic E-state index is 11.5. The van der Waals surface area contributed by atoms with E-state index in [1.165, 1.54) is 0 Å². The third-order valence-corrected chi connectivity index (χ3v) is 4.35. The molecule has 0 aliphatic carbocycles. The van der Waals surface area contributed by atoms with Crippen molar-refractivity contribution in [3.05, 3.63) is 58.6 Å². The molecule has 0 amide bonds. The Bertz CT molecular complexity index is 857. The molecule has 3 rings (SSSR count). The second-order valence-corrected chi connectivity index (χ2v) is 6.82.